The van der Waals surface area contributed by atoms with Crippen molar-refractivity contribution >= 4 is 11.1 Å². The molecule has 0 radical (unpaired) electrons. The van der Waals surface area contributed by atoms with Crippen molar-refractivity contribution in [2.24, 2.45) is 11.8 Å². The van der Waals surface area contributed by atoms with Crippen LogP contribution in [0.2, 0.25) is 0 Å². The molecule has 2 aliphatic heterocycles. The molecule has 2 fully saturated rings. The van der Waals surface area contributed by atoms with Gasteiger partial charge in [-0.3, -0.25) is 4.90 Å². The predicted octanol–water partition coefficient (Wildman–Crippen LogP) is 6.27. The van der Waals surface area contributed by atoms with Crippen LogP contribution in [0.4, 0.5) is 0 Å². The number of likely N-dealkylation sites (tertiary alicyclic amines) is 1. The lowest BCUT2D eigenvalue weighted by atomic mass is 9.83. The molecular formula is C31H33NO4. The van der Waals surface area contributed by atoms with Crippen molar-refractivity contribution in [2.45, 2.75) is 32.3 Å². The summed E-state index contributed by atoms with van der Waals surface area (Å²) in [5.41, 5.74) is 5.19. The molecular weight excluding hydrogens is 450 g/mol. The highest BCUT2D eigenvalue weighted by molar-refractivity contribution is 5.98. The molecule has 0 spiro atoms. The van der Waals surface area contributed by atoms with Crippen LogP contribution in [0.25, 0.3) is 11.1 Å². The third kappa shape index (κ3) is 4.56. The Morgan fingerprint density at radius 3 is 2.42 bits per heavy atom. The zero-order chi connectivity index (χ0) is 24.6. The van der Waals surface area contributed by atoms with Crippen molar-refractivity contribution in [3.63, 3.8) is 0 Å². The van der Waals surface area contributed by atoms with E-state index >= 15 is 0 Å². The highest BCUT2D eigenvalue weighted by Gasteiger charge is 2.38. The van der Waals surface area contributed by atoms with Gasteiger partial charge in [0.15, 0.2) is 0 Å². The van der Waals surface area contributed by atoms with Gasteiger partial charge in [-0.25, -0.2) is 0 Å². The van der Waals surface area contributed by atoms with Crippen molar-refractivity contribution in [3.05, 3.63) is 83.4 Å². The lowest BCUT2D eigenvalue weighted by Gasteiger charge is -2.38. The Labute approximate surface area is 212 Å². The summed E-state index contributed by atoms with van der Waals surface area (Å²) in [5, 5.41) is 20.5. The zero-order valence-electron chi connectivity index (χ0n) is 20.7. The van der Waals surface area contributed by atoms with Gasteiger partial charge in [0.2, 0.25) is 0 Å². The molecule has 6 rings (SSSR count). The summed E-state index contributed by atoms with van der Waals surface area (Å²) in [5.74, 6) is 3.37. The molecule has 3 aromatic carbocycles. The first kappa shape index (κ1) is 23.0. The van der Waals surface area contributed by atoms with E-state index < -0.39 is 0 Å². The Kier molecular flexibility index (Phi) is 6.10. The molecule has 1 saturated heterocycles. The fourth-order valence-corrected chi connectivity index (χ4v) is 5.48. The van der Waals surface area contributed by atoms with Gasteiger partial charge in [-0.15, -0.1) is 0 Å². The molecule has 36 heavy (non-hydrogen) atoms. The smallest absolute Gasteiger partial charge is 0.150 e. The summed E-state index contributed by atoms with van der Waals surface area (Å²) in [6.45, 7) is 6.28. The first-order valence-electron chi connectivity index (χ1n) is 13.1. The second-order valence-electron chi connectivity index (χ2n) is 10.3. The largest absolute Gasteiger partial charge is 0.508 e. The minimum absolute atomic E-state index is 0.229. The second-order valence-corrected chi connectivity index (χ2v) is 10.3. The monoisotopic (exact) mass is 483 g/mol. The van der Waals surface area contributed by atoms with Crippen LogP contribution >= 0.6 is 0 Å². The third-order valence-electron chi connectivity index (χ3n) is 7.66. The molecule has 2 N–H and O–H groups in total. The number of hydrogen-bond donors (Lipinski definition) is 2. The van der Waals surface area contributed by atoms with Gasteiger partial charge in [-0.2, -0.15) is 0 Å². The van der Waals surface area contributed by atoms with Gasteiger partial charge in [0, 0.05) is 30.8 Å². The van der Waals surface area contributed by atoms with E-state index in [-0.39, 0.29) is 17.6 Å². The number of fused-ring (bicyclic) bond motifs is 1. The fraction of sp³-hybridized carbons (Fsp3) is 0.355. The number of nitrogens with zero attached hydrogens (tertiary/aromatic N) is 1. The molecule has 1 saturated carbocycles. The number of aromatic hydroxyl groups is 2. The molecule has 0 amide bonds. The van der Waals surface area contributed by atoms with Crippen molar-refractivity contribution in [1.82, 2.24) is 4.90 Å². The van der Waals surface area contributed by atoms with E-state index in [0.29, 0.717) is 12.5 Å². The molecule has 0 aromatic heterocycles. The summed E-state index contributed by atoms with van der Waals surface area (Å²) in [6, 6.07) is 20.9. The van der Waals surface area contributed by atoms with E-state index in [2.05, 4.69) is 24.0 Å². The van der Waals surface area contributed by atoms with Gasteiger partial charge in [0.25, 0.3) is 0 Å². The number of ether oxygens (including phenoxy) is 2. The number of hydrogen-bond acceptors (Lipinski definition) is 5. The lowest BCUT2D eigenvalue weighted by Crippen LogP contribution is -2.47. The van der Waals surface area contributed by atoms with Crippen LogP contribution in [-0.2, 0) is 0 Å². The van der Waals surface area contributed by atoms with Crippen molar-refractivity contribution < 1.29 is 19.7 Å². The van der Waals surface area contributed by atoms with Gasteiger partial charge in [0.1, 0.15) is 35.7 Å². The highest BCUT2D eigenvalue weighted by Crippen LogP contribution is 2.55. The SMILES string of the molecule is CCC1CN(CCOc2ccc([C@H]3Oc4ccc(O)cc4C(C4CC4)=C3c3cccc(O)c3)cc2)C1. The number of phenolic OH excluding ortho intramolecular Hbond substituents is 2. The maximum atomic E-state index is 10.3. The Bertz CT molecular complexity index is 1270. The van der Waals surface area contributed by atoms with Crippen LogP contribution in [0.3, 0.4) is 0 Å². The standard InChI is InChI=1S/C31H33NO4/c1-2-20-18-32(19-20)14-15-35-26-11-8-22(9-12-26)31-30(23-4-3-5-24(33)16-23)29(21-6-7-21)27-17-25(34)10-13-28(27)36-31/h3-5,8-13,16-17,20-21,31,33-34H,2,6-7,14-15,18-19H2,1H3/t31-/m1/s1. The average Bonchev–Trinajstić information content (AvgIpc) is 3.70. The summed E-state index contributed by atoms with van der Waals surface area (Å²) in [6.07, 6.45) is 3.17. The Hall–Kier alpha value is -3.44. The summed E-state index contributed by atoms with van der Waals surface area (Å²) in [7, 11) is 0. The van der Waals surface area contributed by atoms with Crippen LogP contribution in [0.1, 0.15) is 49.0 Å². The first-order valence-corrected chi connectivity index (χ1v) is 13.1. The van der Waals surface area contributed by atoms with E-state index in [4.69, 9.17) is 9.47 Å². The summed E-state index contributed by atoms with van der Waals surface area (Å²) in [4.78, 5) is 2.44. The molecule has 186 valence electrons. The Morgan fingerprint density at radius 2 is 1.69 bits per heavy atom. The van der Waals surface area contributed by atoms with E-state index in [1.54, 1.807) is 24.3 Å². The van der Waals surface area contributed by atoms with Crippen LogP contribution in [0.5, 0.6) is 23.0 Å². The zero-order valence-corrected chi connectivity index (χ0v) is 20.7. The molecule has 0 unspecified atom stereocenters. The molecule has 2 heterocycles. The molecule has 0 bridgehead atoms. The van der Waals surface area contributed by atoms with E-state index in [9.17, 15) is 10.2 Å². The quantitative estimate of drug-likeness (QED) is 0.395. The van der Waals surface area contributed by atoms with Crippen LogP contribution in [-0.4, -0.2) is 41.4 Å². The summed E-state index contributed by atoms with van der Waals surface area (Å²) < 4.78 is 12.6. The topological polar surface area (TPSA) is 62.2 Å². The molecule has 1 aliphatic carbocycles. The van der Waals surface area contributed by atoms with Crippen LogP contribution in [0.15, 0.2) is 66.7 Å². The number of rotatable bonds is 8. The van der Waals surface area contributed by atoms with Crippen LogP contribution < -0.4 is 9.47 Å². The number of benzene rings is 3. The maximum absolute atomic E-state index is 10.3. The van der Waals surface area contributed by atoms with Crippen molar-refractivity contribution in [2.75, 3.05) is 26.2 Å². The molecule has 5 nitrogen and oxygen atoms in total. The minimum Gasteiger partial charge on any atom is -0.508 e. The van der Waals surface area contributed by atoms with Gasteiger partial charge < -0.3 is 19.7 Å². The van der Waals surface area contributed by atoms with Crippen molar-refractivity contribution in [1.29, 1.82) is 0 Å². The predicted molar refractivity (Wildman–Crippen MR) is 141 cm³/mol. The minimum atomic E-state index is -0.319. The molecule has 3 aromatic rings. The maximum Gasteiger partial charge on any atom is 0.150 e. The van der Waals surface area contributed by atoms with Gasteiger partial charge >= 0.3 is 0 Å². The molecule has 1 atom stereocenters. The Morgan fingerprint density at radius 1 is 0.917 bits per heavy atom. The Balaban J connectivity index is 1.29. The fourth-order valence-electron chi connectivity index (χ4n) is 5.48. The second kappa shape index (κ2) is 9.55. The van der Waals surface area contributed by atoms with Crippen molar-refractivity contribution in [3.8, 4) is 23.0 Å². The number of allylic oxidation sites excluding steroid dienone is 1. The van der Waals surface area contributed by atoms with E-state index in [0.717, 1.165) is 59.1 Å². The third-order valence-corrected chi connectivity index (χ3v) is 7.66. The van der Waals surface area contributed by atoms with E-state index in [1.165, 1.54) is 25.1 Å². The van der Waals surface area contributed by atoms with E-state index in [1.807, 2.05) is 30.3 Å². The van der Waals surface area contributed by atoms with Gasteiger partial charge in [-0.1, -0.05) is 37.6 Å². The van der Waals surface area contributed by atoms with Crippen LogP contribution in [0, 0.1) is 11.8 Å². The van der Waals surface area contributed by atoms with Gasteiger partial charge in [-0.05, 0) is 83.8 Å². The summed E-state index contributed by atoms with van der Waals surface area (Å²) >= 11 is 0. The van der Waals surface area contributed by atoms with Gasteiger partial charge in [0.05, 0.1) is 0 Å². The highest BCUT2D eigenvalue weighted by atomic mass is 16.5. The lowest BCUT2D eigenvalue weighted by molar-refractivity contribution is 0.0806. The average molecular weight is 484 g/mol. The number of phenols is 2. The first-order chi connectivity index (χ1) is 17.6. The molecule has 5 heteroatoms. The molecule has 3 aliphatic rings. The normalized spacial score (nSPS) is 20.0.